The lowest BCUT2D eigenvalue weighted by atomic mass is 9.82. The molecule has 4 unspecified atom stereocenters. The van der Waals surface area contributed by atoms with E-state index in [0.29, 0.717) is 24.2 Å². The minimum atomic E-state index is 0.394. The number of fused-ring (bicyclic) bond motifs is 2. The second-order valence-electron chi connectivity index (χ2n) is 5.58. The highest BCUT2D eigenvalue weighted by molar-refractivity contribution is 5.14. The number of hydrogen-bond acceptors (Lipinski definition) is 3. The summed E-state index contributed by atoms with van der Waals surface area (Å²) in [6.45, 7) is 3.18. The van der Waals surface area contributed by atoms with Gasteiger partial charge in [-0.1, -0.05) is 6.92 Å². The van der Waals surface area contributed by atoms with Gasteiger partial charge in [0.1, 0.15) is 0 Å². The molecule has 1 aromatic heterocycles. The second-order valence-corrected chi connectivity index (χ2v) is 5.58. The molecule has 0 amide bonds. The molecule has 4 nitrogen and oxygen atoms in total. The zero-order valence-electron chi connectivity index (χ0n) is 11.3. The van der Waals surface area contributed by atoms with E-state index in [1.807, 2.05) is 17.9 Å². The Bertz CT molecular complexity index is 403. The van der Waals surface area contributed by atoms with Gasteiger partial charge in [-0.2, -0.15) is 5.10 Å². The summed E-state index contributed by atoms with van der Waals surface area (Å²) in [6, 6.07) is 0.394. The number of aryl methyl sites for hydroxylation is 1. The lowest BCUT2D eigenvalue weighted by Gasteiger charge is -2.27. The van der Waals surface area contributed by atoms with Crippen LogP contribution in [0.5, 0.6) is 0 Å². The van der Waals surface area contributed by atoms with Crippen LogP contribution >= 0.6 is 0 Å². The van der Waals surface area contributed by atoms with Crippen LogP contribution in [0.3, 0.4) is 0 Å². The van der Waals surface area contributed by atoms with Crippen molar-refractivity contribution in [2.45, 2.75) is 57.4 Å². The van der Waals surface area contributed by atoms with Crippen molar-refractivity contribution in [1.82, 2.24) is 15.1 Å². The molecule has 3 heterocycles. The van der Waals surface area contributed by atoms with E-state index in [1.54, 1.807) is 0 Å². The summed E-state index contributed by atoms with van der Waals surface area (Å²) in [7, 11) is 2.05. The van der Waals surface area contributed by atoms with Crippen LogP contribution in [-0.4, -0.2) is 29.0 Å². The molecule has 2 bridgehead atoms. The predicted molar refractivity (Wildman–Crippen MR) is 70.3 cm³/mol. The van der Waals surface area contributed by atoms with E-state index in [1.165, 1.54) is 24.8 Å². The molecule has 1 aromatic rings. The molecular weight excluding hydrogens is 226 g/mol. The Hall–Kier alpha value is -0.870. The molecule has 0 saturated carbocycles. The first-order valence-electron chi connectivity index (χ1n) is 7.17. The molecule has 100 valence electrons. The summed E-state index contributed by atoms with van der Waals surface area (Å²) in [5.74, 6) is 0.619. The molecule has 1 N–H and O–H groups in total. The highest BCUT2D eigenvalue weighted by Gasteiger charge is 2.44. The summed E-state index contributed by atoms with van der Waals surface area (Å²) in [4.78, 5) is 0. The fourth-order valence-electron chi connectivity index (χ4n) is 3.55. The van der Waals surface area contributed by atoms with E-state index < -0.39 is 0 Å². The fourth-order valence-corrected chi connectivity index (χ4v) is 3.55. The van der Waals surface area contributed by atoms with Gasteiger partial charge in [-0.05, 0) is 32.7 Å². The Morgan fingerprint density at radius 3 is 3.06 bits per heavy atom. The zero-order valence-corrected chi connectivity index (χ0v) is 11.3. The molecule has 3 rings (SSSR count). The highest BCUT2D eigenvalue weighted by atomic mass is 16.5. The number of nitrogens with zero attached hydrogens (tertiary/aromatic N) is 2. The maximum absolute atomic E-state index is 5.98. The maximum atomic E-state index is 5.98. The van der Waals surface area contributed by atoms with Gasteiger partial charge in [-0.25, -0.2) is 0 Å². The summed E-state index contributed by atoms with van der Waals surface area (Å²) >= 11 is 0. The second kappa shape index (κ2) is 5.02. The van der Waals surface area contributed by atoms with E-state index in [2.05, 4.69) is 23.5 Å². The van der Waals surface area contributed by atoms with Crippen molar-refractivity contribution in [1.29, 1.82) is 0 Å². The van der Waals surface area contributed by atoms with E-state index in [-0.39, 0.29) is 0 Å². The van der Waals surface area contributed by atoms with Crippen LogP contribution in [-0.2, 0) is 11.3 Å². The molecule has 2 saturated heterocycles. The smallest absolute Gasteiger partial charge is 0.0627 e. The first-order valence-corrected chi connectivity index (χ1v) is 7.17. The van der Waals surface area contributed by atoms with Crippen LogP contribution in [0.25, 0.3) is 0 Å². The van der Waals surface area contributed by atoms with Gasteiger partial charge in [0.25, 0.3) is 0 Å². The van der Waals surface area contributed by atoms with Crippen molar-refractivity contribution in [3.8, 4) is 0 Å². The standard InChI is InChI=1S/C14H23N3O/c1-3-6-17-9-10(8-16-17)14(15-2)12-7-11-4-5-13(12)18-11/h8-9,11-15H,3-7H2,1-2H3. The summed E-state index contributed by atoms with van der Waals surface area (Å²) in [6.07, 6.45) is 10.0. The van der Waals surface area contributed by atoms with Crippen LogP contribution in [0, 0.1) is 5.92 Å². The summed E-state index contributed by atoms with van der Waals surface area (Å²) in [5, 5.41) is 7.91. The van der Waals surface area contributed by atoms with Crippen molar-refractivity contribution in [2.24, 2.45) is 5.92 Å². The molecule has 2 aliphatic rings. The maximum Gasteiger partial charge on any atom is 0.0627 e. The number of hydrogen-bond donors (Lipinski definition) is 1. The number of nitrogens with one attached hydrogen (secondary N) is 1. The zero-order chi connectivity index (χ0) is 12.5. The molecule has 0 radical (unpaired) electrons. The Balaban J connectivity index is 1.75. The van der Waals surface area contributed by atoms with E-state index in [4.69, 9.17) is 4.74 Å². The van der Waals surface area contributed by atoms with E-state index in [9.17, 15) is 0 Å². The Morgan fingerprint density at radius 2 is 2.44 bits per heavy atom. The molecule has 2 aliphatic heterocycles. The molecule has 0 aromatic carbocycles. The first kappa shape index (κ1) is 12.2. The van der Waals surface area contributed by atoms with Crippen LogP contribution in [0.1, 0.15) is 44.2 Å². The summed E-state index contributed by atoms with van der Waals surface area (Å²) < 4.78 is 8.03. The third kappa shape index (κ3) is 2.08. The first-order chi connectivity index (χ1) is 8.81. The number of rotatable bonds is 5. The Kier molecular flexibility index (Phi) is 3.39. The molecule has 4 heteroatoms. The molecule has 18 heavy (non-hydrogen) atoms. The number of aromatic nitrogens is 2. The predicted octanol–water partition coefficient (Wildman–Crippen LogP) is 2.12. The van der Waals surface area contributed by atoms with E-state index in [0.717, 1.165) is 13.0 Å². The highest BCUT2D eigenvalue weighted by Crippen LogP contribution is 2.44. The monoisotopic (exact) mass is 249 g/mol. The molecule has 4 atom stereocenters. The van der Waals surface area contributed by atoms with Crippen molar-refractivity contribution in [2.75, 3.05) is 7.05 Å². The largest absolute Gasteiger partial charge is 0.375 e. The average Bonchev–Trinajstić information content (AvgIpc) is 3.07. The topological polar surface area (TPSA) is 39.1 Å². The third-order valence-electron chi connectivity index (χ3n) is 4.36. The Morgan fingerprint density at radius 1 is 1.56 bits per heavy atom. The minimum Gasteiger partial charge on any atom is -0.375 e. The van der Waals surface area contributed by atoms with Crippen molar-refractivity contribution in [3.05, 3.63) is 18.0 Å². The average molecular weight is 249 g/mol. The SMILES string of the molecule is CCCn1cc(C(NC)C2CC3CCC2O3)cn1. The molecular formula is C14H23N3O. The quantitative estimate of drug-likeness (QED) is 0.869. The molecule has 2 fully saturated rings. The van der Waals surface area contributed by atoms with Gasteiger partial charge < -0.3 is 10.1 Å². The minimum absolute atomic E-state index is 0.394. The third-order valence-corrected chi connectivity index (χ3v) is 4.36. The van der Waals surface area contributed by atoms with Crippen molar-refractivity contribution >= 4 is 0 Å². The van der Waals surface area contributed by atoms with Crippen LogP contribution in [0.4, 0.5) is 0 Å². The van der Waals surface area contributed by atoms with Gasteiger partial charge in [0.05, 0.1) is 18.4 Å². The molecule has 0 spiro atoms. The molecule has 0 aliphatic carbocycles. The normalized spacial score (nSPS) is 32.0. The van der Waals surface area contributed by atoms with Crippen LogP contribution in [0.15, 0.2) is 12.4 Å². The van der Waals surface area contributed by atoms with Crippen molar-refractivity contribution in [3.63, 3.8) is 0 Å². The number of ether oxygens (including phenoxy) is 1. The van der Waals surface area contributed by atoms with E-state index >= 15 is 0 Å². The fraction of sp³-hybridized carbons (Fsp3) is 0.786. The van der Waals surface area contributed by atoms with Gasteiger partial charge in [0.15, 0.2) is 0 Å². The lowest BCUT2D eigenvalue weighted by Crippen LogP contribution is -2.31. The van der Waals surface area contributed by atoms with Gasteiger partial charge >= 0.3 is 0 Å². The van der Waals surface area contributed by atoms with Gasteiger partial charge in [-0.3, -0.25) is 4.68 Å². The van der Waals surface area contributed by atoms with Crippen LogP contribution in [0.2, 0.25) is 0 Å². The Labute approximate surface area is 109 Å². The summed E-state index contributed by atoms with van der Waals surface area (Å²) in [5.41, 5.74) is 1.31. The van der Waals surface area contributed by atoms with Gasteiger partial charge in [-0.15, -0.1) is 0 Å². The van der Waals surface area contributed by atoms with Gasteiger partial charge in [0.2, 0.25) is 0 Å². The van der Waals surface area contributed by atoms with Gasteiger partial charge in [0, 0.05) is 30.3 Å². The van der Waals surface area contributed by atoms with Crippen molar-refractivity contribution < 1.29 is 4.74 Å². The van der Waals surface area contributed by atoms with Crippen LogP contribution < -0.4 is 5.32 Å². The lowest BCUT2D eigenvalue weighted by molar-refractivity contribution is 0.0863.